The molecule has 1 unspecified atom stereocenters. The summed E-state index contributed by atoms with van der Waals surface area (Å²) in [5.74, 6) is -0.181. The summed E-state index contributed by atoms with van der Waals surface area (Å²) in [5, 5.41) is 3.39. The van der Waals surface area contributed by atoms with Crippen LogP contribution in [0.5, 0.6) is 5.75 Å². The van der Waals surface area contributed by atoms with Crippen LogP contribution < -0.4 is 14.8 Å². The number of sulfonamides is 1. The second-order valence-corrected chi connectivity index (χ2v) is 9.17. The Labute approximate surface area is 181 Å². The van der Waals surface area contributed by atoms with Gasteiger partial charge in [0.15, 0.2) is 0 Å². The molecule has 1 atom stereocenters. The van der Waals surface area contributed by atoms with Gasteiger partial charge in [-0.25, -0.2) is 13.1 Å². The number of hydrogen-bond acceptors (Lipinski definition) is 5. The Morgan fingerprint density at radius 2 is 2.00 bits per heavy atom. The molecule has 1 aliphatic heterocycles. The van der Waals surface area contributed by atoms with Gasteiger partial charge in [-0.2, -0.15) is 0 Å². The Morgan fingerprint density at radius 1 is 1.23 bits per heavy atom. The smallest absolute Gasteiger partial charge is 0.251 e. The lowest BCUT2D eigenvalue weighted by Gasteiger charge is -2.13. The van der Waals surface area contributed by atoms with Gasteiger partial charge in [-0.05, 0) is 55.2 Å². The van der Waals surface area contributed by atoms with E-state index in [0.717, 1.165) is 31.4 Å². The minimum atomic E-state index is -3.91. The quantitative estimate of drug-likeness (QED) is 0.609. The van der Waals surface area contributed by atoms with Crippen LogP contribution in [0, 0.1) is 0 Å². The molecule has 0 saturated carbocycles. The SMILES string of the molecule is COc1ccc(C(=O)NCCC2CCCO2)cc1S(=O)(=O)NCc1ccc(Cl)cc1. The number of benzene rings is 2. The fraction of sp³-hybridized carbons (Fsp3) is 0.381. The largest absolute Gasteiger partial charge is 0.495 e. The van der Waals surface area contributed by atoms with Crippen LogP contribution >= 0.6 is 11.6 Å². The van der Waals surface area contributed by atoms with Crippen molar-refractivity contribution in [2.45, 2.75) is 36.8 Å². The van der Waals surface area contributed by atoms with E-state index in [1.54, 1.807) is 30.3 Å². The average molecular weight is 453 g/mol. The highest BCUT2D eigenvalue weighted by Crippen LogP contribution is 2.25. The first kappa shape index (κ1) is 22.6. The fourth-order valence-electron chi connectivity index (χ4n) is 3.21. The summed E-state index contributed by atoms with van der Waals surface area (Å²) in [6.07, 6.45) is 2.95. The number of ether oxygens (including phenoxy) is 2. The number of rotatable bonds is 9. The van der Waals surface area contributed by atoms with E-state index < -0.39 is 10.0 Å². The summed E-state index contributed by atoms with van der Waals surface area (Å²) in [4.78, 5) is 12.4. The lowest BCUT2D eigenvalue weighted by Crippen LogP contribution is -2.28. The maximum Gasteiger partial charge on any atom is 0.251 e. The Kier molecular flexibility index (Phi) is 7.71. The Morgan fingerprint density at radius 3 is 2.67 bits per heavy atom. The van der Waals surface area contributed by atoms with Crippen LogP contribution in [0.2, 0.25) is 5.02 Å². The van der Waals surface area contributed by atoms with E-state index in [1.165, 1.54) is 19.2 Å². The average Bonchev–Trinajstić information content (AvgIpc) is 3.26. The minimum Gasteiger partial charge on any atom is -0.495 e. The molecule has 0 aromatic heterocycles. The summed E-state index contributed by atoms with van der Waals surface area (Å²) in [5.41, 5.74) is 1.000. The van der Waals surface area contributed by atoms with Crippen molar-refractivity contribution in [2.75, 3.05) is 20.3 Å². The van der Waals surface area contributed by atoms with E-state index >= 15 is 0 Å². The molecule has 1 saturated heterocycles. The summed E-state index contributed by atoms with van der Waals surface area (Å²) >= 11 is 5.86. The van der Waals surface area contributed by atoms with Crippen molar-refractivity contribution in [3.8, 4) is 5.75 Å². The molecule has 3 rings (SSSR count). The molecule has 0 aliphatic carbocycles. The monoisotopic (exact) mass is 452 g/mol. The van der Waals surface area contributed by atoms with Crippen molar-refractivity contribution >= 4 is 27.5 Å². The number of carbonyl (C=O) groups is 1. The standard InChI is InChI=1S/C21H25ClN2O5S/c1-28-19-9-6-16(21(25)23-11-10-18-3-2-12-29-18)13-20(19)30(26,27)24-14-15-4-7-17(22)8-5-15/h4-9,13,18,24H,2-3,10-12,14H2,1H3,(H,23,25). The van der Waals surface area contributed by atoms with E-state index in [-0.39, 0.29) is 34.8 Å². The molecule has 0 bridgehead atoms. The molecular formula is C21H25ClN2O5S. The first-order valence-electron chi connectivity index (χ1n) is 9.71. The second kappa shape index (κ2) is 10.3. The number of carbonyl (C=O) groups excluding carboxylic acids is 1. The number of halogens is 1. The maximum atomic E-state index is 12.8. The summed E-state index contributed by atoms with van der Waals surface area (Å²) in [6.45, 7) is 1.31. The van der Waals surface area contributed by atoms with Gasteiger partial charge in [0.25, 0.3) is 5.91 Å². The van der Waals surface area contributed by atoms with Crippen molar-refractivity contribution < 1.29 is 22.7 Å². The van der Waals surface area contributed by atoms with Gasteiger partial charge in [-0.15, -0.1) is 0 Å². The Bertz CT molecular complexity index is 973. The normalized spacial score (nSPS) is 16.4. The van der Waals surface area contributed by atoms with Crippen LogP contribution in [0.4, 0.5) is 0 Å². The number of amides is 1. The molecule has 0 spiro atoms. The predicted molar refractivity (Wildman–Crippen MR) is 114 cm³/mol. The molecule has 0 radical (unpaired) electrons. The van der Waals surface area contributed by atoms with E-state index in [4.69, 9.17) is 21.1 Å². The lowest BCUT2D eigenvalue weighted by atomic mass is 10.1. The molecule has 1 fully saturated rings. The highest BCUT2D eigenvalue weighted by molar-refractivity contribution is 7.89. The van der Waals surface area contributed by atoms with Crippen molar-refractivity contribution in [1.82, 2.24) is 10.0 Å². The van der Waals surface area contributed by atoms with Gasteiger partial charge in [0, 0.05) is 30.3 Å². The zero-order valence-corrected chi connectivity index (χ0v) is 18.3. The fourth-order valence-corrected chi connectivity index (χ4v) is 4.54. The predicted octanol–water partition coefficient (Wildman–Crippen LogP) is 3.13. The van der Waals surface area contributed by atoms with E-state index in [2.05, 4.69) is 10.0 Å². The molecule has 1 heterocycles. The lowest BCUT2D eigenvalue weighted by molar-refractivity contribution is 0.0907. The molecule has 1 amide bonds. The molecule has 1 aliphatic rings. The minimum absolute atomic E-state index is 0.0838. The summed E-state index contributed by atoms with van der Waals surface area (Å²) in [6, 6.07) is 11.2. The third-order valence-corrected chi connectivity index (χ3v) is 6.55. The van der Waals surface area contributed by atoms with Gasteiger partial charge >= 0.3 is 0 Å². The van der Waals surface area contributed by atoms with Crippen LogP contribution in [0.3, 0.4) is 0 Å². The Hall–Kier alpha value is -2.13. The molecular weight excluding hydrogens is 428 g/mol. The number of methoxy groups -OCH3 is 1. The molecule has 30 heavy (non-hydrogen) atoms. The molecule has 2 aromatic carbocycles. The zero-order chi connectivity index (χ0) is 21.6. The van der Waals surface area contributed by atoms with Gasteiger partial charge in [0.05, 0.1) is 13.2 Å². The summed E-state index contributed by atoms with van der Waals surface area (Å²) in [7, 11) is -2.53. The van der Waals surface area contributed by atoms with Crippen LogP contribution in [0.15, 0.2) is 47.4 Å². The van der Waals surface area contributed by atoms with Crippen LogP contribution in [0.25, 0.3) is 0 Å². The second-order valence-electron chi connectivity index (χ2n) is 7.00. The molecule has 2 N–H and O–H groups in total. The third-order valence-electron chi connectivity index (χ3n) is 4.87. The Balaban J connectivity index is 1.69. The third kappa shape index (κ3) is 5.95. The first-order valence-corrected chi connectivity index (χ1v) is 11.6. The van der Waals surface area contributed by atoms with Crippen molar-refractivity contribution in [1.29, 1.82) is 0 Å². The van der Waals surface area contributed by atoms with Gasteiger partial charge in [-0.3, -0.25) is 4.79 Å². The van der Waals surface area contributed by atoms with Crippen LogP contribution in [-0.4, -0.2) is 40.7 Å². The number of hydrogen-bond donors (Lipinski definition) is 2. The molecule has 9 heteroatoms. The van der Waals surface area contributed by atoms with Crippen LogP contribution in [-0.2, 0) is 21.3 Å². The summed E-state index contributed by atoms with van der Waals surface area (Å²) < 4.78 is 39.0. The maximum absolute atomic E-state index is 12.8. The van der Waals surface area contributed by atoms with Gasteiger partial charge in [0.1, 0.15) is 10.6 Å². The van der Waals surface area contributed by atoms with Gasteiger partial charge < -0.3 is 14.8 Å². The van der Waals surface area contributed by atoms with Crippen molar-refractivity contribution in [3.05, 3.63) is 58.6 Å². The van der Waals surface area contributed by atoms with Crippen molar-refractivity contribution in [3.63, 3.8) is 0 Å². The highest BCUT2D eigenvalue weighted by Gasteiger charge is 2.22. The first-order chi connectivity index (χ1) is 14.4. The number of nitrogens with one attached hydrogen (secondary N) is 2. The van der Waals surface area contributed by atoms with Gasteiger partial charge in [0.2, 0.25) is 10.0 Å². The molecule has 2 aromatic rings. The molecule has 7 nitrogen and oxygen atoms in total. The van der Waals surface area contributed by atoms with Crippen molar-refractivity contribution in [2.24, 2.45) is 0 Å². The topological polar surface area (TPSA) is 93.7 Å². The molecule has 162 valence electrons. The van der Waals surface area contributed by atoms with E-state index in [1.807, 2.05) is 0 Å². The zero-order valence-electron chi connectivity index (χ0n) is 16.7. The van der Waals surface area contributed by atoms with E-state index in [9.17, 15) is 13.2 Å². The van der Waals surface area contributed by atoms with Gasteiger partial charge in [-0.1, -0.05) is 23.7 Å². The van der Waals surface area contributed by atoms with Crippen LogP contribution in [0.1, 0.15) is 35.2 Å². The van der Waals surface area contributed by atoms with E-state index in [0.29, 0.717) is 11.6 Å². The highest BCUT2D eigenvalue weighted by atomic mass is 35.5.